The molecule has 0 heterocycles. The third-order valence-corrected chi connectivity index (χ3v) is 2.89. The molecule has 3 N–H and O–H groups in total. The van der Waals surface area contributed by atoms with Crippen molar-refractivity contribution < 1.29 is 18.0 Å². The number of hydrogen-bond donors (Lipinski definition) is 2. The lowest BCUT2D eigenvalue weighted by atomic mass is 10.1. The molecule has 0 fully saturated rings. The van der Waals surface area contributed by atoms with E-state index in [0.717, 1.165) is 0 Å². The number of carbonyl (C=O) groups excluding carboxylic acids is 1. The minimum Gasteiger partial charge on any atom is -0.389 e. The highest BCUT2D eigenvalue weighted by Crippen LogP contribution is 2.16. The van der Waals surface area contributed by atoms with Crippen molar-refractivity contribution in [3.05, 3.63) is 65.0 Å². The molecule has 0 radical (unpaired) electrons. The maximum absolute atomic E-state index is 13.1. The largest absolute Gasteiger partial charge is 0.389 e. The molecule has 0 saturated carbocycles. The van der Waals surface area contributed by atoms with E-state index in [9.17, 15) is 18.0 Å². The highest BCUT2D eigenvalue weighted by molar-refractivity contribution is 7.80. The molecule has 0 atom stereocenters. The van der Waals surface area contributed by atoms with Crippen molar-refractivity contribution >= 4 is 28.8 Å². The summed E-state index contributed by atoms with van der Waals surface area (Å²) in [6.45, 7) is 0. The fraction of sp³-hybridized carbons (Fsp3) is 0. The molecule has 0 aliphatic carbocycles. The quantitative estimate of drug-likeness (QED) is 0.677. The van der Waals surface area contributed by atoms with E-state index in [-0.39, 0.29) is 10.6 Å². The van der Waals surface area contributed by atoms with Gasteiger partial charge < -0.3 is 11.1 Å². The molecule has 108 valence electrons. The fourth-order valence-electron chi connectivity index (χ4n) is 1.64. The highest BCUT2D eigenvalue weighted by atomic mass is 32.1. The van der Waals surface area contributed by atoms with Crippen molar-refractivity contribution in [1.29, 1.82) is 0 Å². The second kappa shape index (κ2) is 5.92. The van der Waals surface area contributed by atoms with Gasteiger partial charge in [-0.1, -0.05) is 24.4 Å². The van der Waals surface area contributed by atoms with Crippen LogP contribution in [0.1, 0.15) is 15.9 Å². The number of thiocarbonyl (C=S) groups is 1. The van der Waals surface area contributed by atoms with Crippen LogP contribution in [0.5, 0.6) is 0 Å². The lowest BCUT2D eigenvalue weighted by molar-refractivity contribution is 0.102. The fourth-order valence-corrected chi connectivity index (χ4v) is 1.77. The predicted molar refractivity (Wildman–Crippen MR) is 76.6 cm³/mol. The molecule has 0 bridgehead atoms. The third-order valence-electron chi connectivity index (χ3n) is 2.65. The van der Waals surface area contributed by atoms with Crippen LogP contribution >= 0.6 is 12.2 Å². The summed E-state index contributed by atoms with van der Waals surface area (Å²) in [5, 5.41) is 2.42. The number of rotatable bonds is 3. The van der Waals surface area contributed by atoms with Crippen molar-refractivity contribution in [3.8, 4) is 0 Å². The first-order valence-electron chi connectivity index (χ1n) is 5.74. The third kappa shape index (κ3) is 3.38. The summed E-state index contributed by atoms with van der Waals surface area (Å²) in [4.78, 5) is 12.0. The maximum atomic E-state index is 13.1. The van der Waals surface area contributed by atoms with Gasteiger partial charge in [-0.05, 0) is 24.3 Å². The van der Waals surface area contributed by atoms with Crippen LogP contribution in [-0.2, 0) is 0 Å². The number of halogens is 3. The Kier molecular flexibility index (Phi) is 4.23. The summed E-state index contributed by atoms with van der Waals surface area (Å²) >= 11 is 4.80. The summed E-state index contributed by atoms with van der Waals surface area (Å²) in [7, 11) is 0. The Morgan fingerprint density at radius 1 is 1.05 bits per heavy atom. The van der Waals surface area contributed by atoms with Gasteiger partial charge in [0.25, 0.3) is 5.91 Å². The molecule has 0 aliphatic rings. The topological polar surface area (TPSA) is 55.1 Å². The average Bonchev–Trinajstić information content (AvgIpc) is 2.44. The van der Waals surface area contributed by atoms with Crippen LogP contribution in [0.25, 0.3) is 0 Å². The minimum absolute atomic E-state index is 0.143. The predicted octanol–water partition coefficient (Wildman–Crippen LogP) is 2.99. The lowest BCUT2D eigenvalue weighted by Crippen LogP contribution is -2.14. The number of nitrogens with two attached hydrogens (primary N) is 1. The number of carbonyl (C=O) groups is 1. The van der Waals surface area contributed by atoms with Gasteiger partial charge in [-0.3, -0.25) is 4.79 Å². The average molecular weight is 310 g/mol. The van der Waals surface area contributed by atoms with Crippen LogP contribution in [0.2, 0.25) is 0 Å². The van der Waals surface area contributed by atoms with E-state index in [1.54, 1.807) is 18.2 Å². The Hall–Kier alpha value is -2.41. The molecule has 0 unspecified atom stereocenters. The molecule has 2 aromatic rings. The number of anilines is 1. The van der Waals surface area contributed by atoms with Crippen LogP contribution < -0.4 is 11.1 Å². The lowest BCUT2D eigenvalue weighted by Gasteiger charge is -2.07. The summed E-state index contributed by atoms with van der Waals surface area (Å²) < 4.78 is 39.0. The van der Waals surface area contributed by atoms with Gasteiger partial charge in [0.05, 0.1) is 0 Å². The van der Waals surface area contributed by atoms with Crippen molar-refractivity contribution in [2.24, 2.45) is 5.73 Å². The Balaban J connectivity index is 2.26. The normalized spacial score (nSPS) is 10.2. The van der Waals surface area contributed by atoms with Crippen LogP contribution in [0.3, 0.4) is 0 Å². The van der Waals surface area contributed by atoms with Gasteiger partial charge in [0.1, 0.15) is 4.99 Å². The maximum Gasteiger partial charge on any atom is 0.255 e. The number of amides is 1. The first-order valence-corrected chi connectivity index (χ1v) is 6.15. The van der Waals surface area contributed by atoms with Crippen LogP contribution in [0.4, 0.5) is 18.9 Å². The zero-order chi connectivity index (χ0) is 15.6. The summed E-state index contributed by atoms with van der Waals surface area (Å²) in [6, 6.07) is 7.55. The smallest absolute Gasteiger partial charge is 0.255 e. The van der Waals surface area contributed by atoms with E-state index < -0.39 is 23.4 Å². The second-order valence-corrected chi connectivity index (χ2v) is 4.59. The van der Waals surface area contributed by atoms with Crippen molar-refractivity contribution in [2.75, 3.05) is 5.32 Å². The summed E-state index contributed by atoms with van der Waals surface area (Å²) in [5.74, 6) is -5.27. The first kappa shape index (κ1) is 15.0. The van der Waals surface area contributed by atoms with Crippen molar-refractivity contribution in [1.82, 2.24) is 0 Å². The van der Waals surface area contributed by atoms with Gasteiger partial charge in [-0.25, -0.2) is 13.2 Å². The molecule has 7 heteroatoms. The molecule has 2 rings (SSSR count). The Bertz CT molecular complexity index is 711. The summed E-state index contributed by atoms with van der Waals surface area (Å²) in [6.07, 6.45) is 0. The van der Waals surface area contributed by atoms with E-state index in [2.05, 4.69) is 5.32 Å². The Labute approximate surface area is 123 Å². The molecular weight excluding hydrogens is 301 g/mol. The monoisotopic (exact) mass is 310 g/mol. The van der Waals surface area contributed by atoms with Crippen molar-refractivity contribution in [2.45, 2.75) is 0 Å². The zero-order valence-electron chi connectivity index (χ0n) is 10.5. The molecule has 21 heavy (non-hydrogen) atoms. The van der Waals surface area contributed by atoms with Gasteiger partial charge in [0.15, 0.2) is 17.5 Å². The Morgan fingerprint density at radius 3 is 2.24 bits per heavy atom. The van der Waals surface area contributed by atoms with Crippen molar-refractivity contribution in [3.63, 3.8) is 0 Å². The number of benzene rings is 2. The molecule has 3 nitrogen and oxygen atoms in total. The highest BCUT2D eigenvalue weighted by Gasteiger charge is 2.15. The van der Waals surface area contributed by atoms with E-state index in [4.69, 9.17) is 18.0 Å². The number of nitrogens with one attached hydrogen (secondary N) is 1. The van der Waals surface area contributed by atoms with Gasteiger partial charge in [0, 0.05) is 16.8 Å². The van der Waals surface area contributed by atoms with E-state index in [1.807, 2.05) is 0 Å². The molecule has 0 aromatic heterocycles. The molecule has 0 aliphatic heterocycles. The van der Waals surface area contributed by atoms with Gasteiger partial charge >= 0.3 is 0 Å². The molecule has 0 spiro atoms. The SMILES string of the molecule is NC(=S)c1cccc(NC(=O)c2cc(F)c(F)c(F)c2)c1. The van der Waals surface area contributed by atoms with E-state index >= 15 is 0 Å². The molecule has 2 aromatic carbocycles. The number of hydrogen-bond acceptors (Lipinski definition) is 2. The molecular formula is C14H9F3N2OS. The zero-order valence-corrected chi connectivity index (χ0v) is 11.3. The summed E-state index contributed by atoms with van der Waals surface area (Å²) in [5.41, 5.74) is 5.99. The first-order chi connectivity index (χ1) is 9.88. The standard InChI is InChI=1S/C14H9F3N2OS/c15-10-5-8(6-11(16)12(10)17)14(20)19-9-3-1-2-7(4-9)13(18)21/h1-6H,(H2,18,21)(H,19,20). The Morgan fingerprint density at radius 2 is 1.67 bits per heavy atom. The molecule has 0 saturated heterocycles. The van der Waals surface area contributed by atoms with Gasteiger partial charge in [-0.15, -0.1) is 0 Å². The minimum atomic E-state index is -1.62. The van der Waals surface area contributed by atoms with Crippen LogP contribution in [0.15, 0.2) is 36.4 Å². The van der Waals surface area contributed by atoms with Gasteiger partial charge in [-0.2, -0.15) is 0 Å². The van der Waals surface area contributed by atoms with Crippen LogP contribution in [0, 0.1) is 17.5 Å². The molecule has 1 amide bonds. The second-order valence-electron chi connectivity index (χ2n) is 4.15. The van der Waals surface area contributed by atoms with Crippen LogP contribution in [-0.4, -0.2) is 10.9 Å². The van der Waals surface area contributed by atoms with Gasteiger partial charge in [0.2, 0.25) is 0 Å². The van der Waals surface area contributed by atoms with E-state index in [0.29, 0.717) is 23.4 Å². The van der Waals surface area contributed by atoms with E-state index in [1.165, 1.54) is 6.07 Å².